The van der Waals surface area contributed by atoms with Gasteiger partial charge in [0, 0.05) is 12.1 Å². The van der Waals surface area contributed by atoms with Crippen molar-refractivity contribution < 1.29 is 9.59 Å². The number of nitrogens with zero attached hydrogens (tertiary/aromatic N) is 2. The van der Waals surface area contributed by atoms with Crippen LogP contribution in [0.2, 0.25) is 0 Å². The Kier molecular flexibility index (Phi) is 6.44. The Morgan fingerprint density at radius 3 is 2.57 bits per heavy atom. The summed E-state index contributed by atoms with van der Waals surface area (Å²) in [6.07, 6.45) is 0.687. The number of para-hydroxylation sites is 1. The third-order valence-corrected chi connectivity index (χ3v) is 5.08. The molecule has 0 bridgehead atoms. The molecule has 1 heterocycles. The molecule has 3 aromatic rings. The highest BCUT2D eigenvalue weighted by molar-refractivity contribution is 7.99. The van der Waals surface area contributed by atoms with Crippen LogP contribution >= 0.6 is 11.8 Å². The molecule has 0 aliphatic heterocycles. The molecule has 7 nitrogen and oxygen atoms in total. The van der Waals surface area contributed by atoms with Crippen LogP contribution in [0.5, 0.6) is 0 Å². The zero-order chi connectivity index (χ0) is 19.9. The summed E-state index contributed by atoms with van der Waals surface area (Å²) in [7, 11) is 0. The number of hydrogen-bond acceptors (Lipinski definition) is 5. The van der Waals surface area contributed by atoms with Crippen molar-refractivity contribution in [3.63, 3.8) is 0 Å². The van der Waals surface area contributed by atoms with E-state index in [0.717, 1.165) is 5.56 Å². The second-order valence-corrected chi connectivity index (χ2v) is 7.08. The first kappa shape index (κ1) is 19.6. The van der Waals surface area contributed by atoms with Gasteiger partial charge >= 0.3 is 5.69 Å². The molecule has 1 aromatic heterocycles. The summed E-state index contributed by atoms with van der Waals surface area (Å²) in [5, 5.41) is 9.63. The van der Waals surface area contributed by atoms with Gasteiger partial charge in [-0.05, 0) is 31.0 Å². The van der Waals surface area contributed by atoms with Crippen LogP contribution in [0.3, 0.4) is 0 Å². The average molecular weight is 396 g/mol. The fraction of sp³-hybridized carbons (Fsp3) is 0.200. The Hall–Kier alpha value is -3.13. The number of nitrogens with one attached hydrogen (secondary N) is 2. The number of anilines is 1. The number of Topliss-reactive ketones (excluding diaryl/α,β-unsaturated/α-hetero) is 1. The summed E-state index contributed by atoms with van der Waals surface area (Å²) in [6.45, 7) is 1.92. The van der Waals surface area contributed by atoms with Crippen LogP contribution in [-0.4, -0.2) is 32.2 Å². The van der Waals surface area contributed by atoms with Crippen molar-refractivity contribution in [2.75, 3.05) is 11.1 Å². The molecule has 1 amide bonds. The van der Waals surface area contributed by atoms with E-state index in [0.29, 0.717) is 29.4 Å². The van der Waals surface area contributed by atoms with E-state index in [-0.39, 0.29) is 23.1 Å². The van der Waals surface area contributed by atoms with Gasteiger partial charge in [-0.3, -0.25) is 14.2 Å². The lowest BCUT2D eigenvalue weighted by Gasteiger charge is -2.09. The van der Waals surface area contributed by atoms with Gasteiger partial charge in [-0.15, -0.1) is 5.10 Å². The molecule has 0 saturated heterocycles. The highest BCUT2D eigenvalue weighted by Gasteiger charge is 2.13. The van der Waals surface area contributed by atoms with Crippen LogP contribution in [0.25, 0.3) is 0 Å². The van der Waals surface area contributed by atoms with Gasteiger partial charge in [0.05, 0.1) is 11.4 Å². The number of benzene rings is 2. The lowest BCUT2D eigenvalue weighted by atomic mass is 10.1. The second-order valence-electron chi connectivity index (χ2n) is 6.14. The summed E-state index contributed by atoms with van der Waals surface area (Å²) in [5.74, 6) is -0.323. The van der Waals surface area contributed by atoms with Crippen molar-refractivity contribution in [2.45, 2.75) is 25.0 Å². The number of hydrogen-bond donors (Lipinski definition) is 2. The number of thioether (sulfide) groups is 1. The summed E-state index contributed by atoms with van der Waals surface area (Å²) in [5.41, 5.74) is 1.75. The topological polar surface area (TPSA) is 96.8 Å². The smallest absolute Gasteiger partial charge is 0.325 e. The first-order valence-electron chi connectivity index (χ1n) is 8.76. The number of aromatic nitrogens is 3. The van der Waals surface area contributed by atoms with Crippen LogP contribution in [0, 0.1) is 0 Å². The normalized spacial score (nSPS) is 10.6. The SMILES string of the molecule is CC(=O)c1ccccc1NC(=O)CSc1n[nH]c(=O)n1CCc1ccccc1. The fourth-order valence-electron chi connectivity index (χ4n) is 2.71. The molecule has 0 aliphatic carbocycles. The number of rotatable bonds is 8. The fourth-order valence-corrected chi connectivity index (χ4v) is 3.48. The molecular weight excluding hydrogens is 376 g/mol. The predicted octanol–water partition coefficient (Wildman–Crippen LogP) is 2.75. The van der Waals surface area contributed by atoms with E-state index in [1.807, 2.05) is 30.3 Å². The standard InChI is InChI=1S/C20H20N4O3S/c1-14(25)16-9-5-6-10-17(16)21-18(26)13-28-20-23-22-19(27)24(20)12-11-15-7-3-2-4-8-15/h2-10H,11-13H2,1H3,(H,21,26)(H,22,27). The molecule has 0 atom stereocenters. The van der Waals surface area contributed by atoms with Gasteiger partial charge in [-0.2, -0.15) is 0 Å². The Morgan fingerprint density at radius 1 is 1.11 bits per heavy atom. The number of aromatic amines is 1. The quantitative estimate of drug-likeness (QED) is 0.451. The molecule has 0 radical (unpaired) electrons. The predicted molar refractivity (Wildman–Crippen MR) is 109 cm³/mol. The van der Waals surface area contributed by atoms with Crippen molar-refractivity contribution in [1.82, 2.24) is 14.8 Å². The molecule has 0 fully saturated rings. The maximum absolute atomic E-state index is 12.3. The van der Waals surface area contributed by atoms with Crippen LogP contribution in [0.1, 0.15) is 22.8 Å². The molecule has 28 heavy (non-hydrogen) atoms. The van der Waals surface area contributed by atoms with E-state index in [9.17, 15) is 14.4 Å². The highest BCUT2D eigenvalue weighted by atomic mass is 32.2. The van der Waals surface area contributed by atoms with E-state index in [1.54, 1.807) is 24.3 Å². The molecule has 3 rings (SSSR count). The Bertz CT molecular complexity index is 1030. The molecule has 0 unspecified atom stereocenters. The molecule has 144 valence electrons. The van der Waals surface area contributed by atoms with E-state index in [4.69, 9.17) is 0 Å². The second kappa shape index (κ2) is 9.18. The van der Waals surface area contributed by atoms with Crippen molar-refractivity contribution in [2.24, 2.45) is 0 Å². The van der Waals surface area contributed by atoms with E-state index >= 15 is 0 Å². The minimum Gasteiger partial charge on any atom is -0.325 e. The minimum atomic E-state index is -0.305. The van der Waals surface area contributed by atoms with Crippen molar-refractivity contribution >= 4 is 29.1 Å². The van der Waals surface area contributed by atoms with E-state index < -0.39 is 0 Å². The molecule has 0 aliphatic rings. The van der Waals surface area contributed by atoms with Crippen LogP contribution in [-0.2, 0) is 17.8 Å². The molecule has 8 heteroatoms. The monoisotopic (exact) mass is 396 g/mol. The number of carbonyl (C=O) groups excluding carboxylic acids is 2. The number of ketones is 1. The van der Waals surface area contributed by atoms with Gasteiger partial charge in [0.15, 0.2) is 10.9 Å². The molecule has 2 N–H and O–H groups in total. The average Bonchev–Trinajstić information content (AvgIpc) is 3.05. The lowest BCUT2D eigenvalue weighted by molar-refractivity contribution is -0.113. The Labute approximate surface area is 166 Å². The third kappa shape index (κ3) is 4.98. The highest BCUT2D eigenvalue weighted by Crippen LogP contribution is 2.18. The van der Waals surface area contributed by atoms with Gasteiger partial charge in [-0.25, -0.2) is 9.89 Å². The molecule has 0 saturated carbocycles. The zero-order valence-corrected chi connectivity index (χ0v) is 16.2. The van der Waals surface area contributed by atoms with Crippen LogP contribution < -0.4 is 11.0 Å². The van der Waals surface area contributed by atoms with Gasteiger partial charge in [-0.1, -0.05) is 54.2 Å². The van der Waals surface area contributed by atoms with Crippen molar-refractivity contribution in [3.8, 4) is 0 Å². The summed E-state index contributed by atoms with van der Waals surface area (Å²) in [6, 6.07) is 16.7. The number of aryl methyl sites for hydroxylation is 1. The number of carbonyl (C=O) groups is 2. The van der Waals surface area contributed by atoms with Gasteiger partial charge in [0.25, 0.3) is 0 Å². The maximum Gasteiger partial charge on any atom is 0.343 e. The first-order chi connectivity index (χ1) is 13.5. The van der Waals surface area contributed by atoms with E-state index in [2.05, 4.69) is 15.5 Å². The Morgan fingerprint density at radius 2 is 1.82 bits per heavy atom. The summed E-state index contributed by atoms with van der Waals surface area (Å²) >= 11 is 1.17. The summed E-state index contributed by atoms with van der Waals surface area (Å²) in [4.78, 5) is 36.0. The van der Waals surface area contributed by atoms with Crippen LogP contribution in [0.15, 0.2) is 64.5 Å². The number of amides is 1. The Balaban J connectivity index is 1.61. The summed E-state index contributed by atoms with van der Waals surface area (Å²) < 4.78 is 1.52. The first-order valence-corrected chi connectivity index (χ1v) is 9.75. The third-order valence-electron chi connectivity index (χ3n) is 4.10. The molecule has 0 spiro atoms. The van der Waals surface area contributed by atoms with Gasteiger partial charge in [0.2, 0.25) is 5.91 Å². The number of H-pyrrole nitrogens is 1. The molecular formula is C20H20N4O3S. The van der Waals surface area contributed by atoms with Crippen molar-refractivity contribution in [3.05, 3.63) is 76.2 Å². The maximum atomic E-state index is 12.3. The zero-order valence-electron chi connectivity index (χ0n) is 15.3. The molecule has 2 aromatic carbocycles. The largest absolute Gasteiger partial charge is 0.343 e. The minimum absolute atomic E-state index is 0.0713. The van der Waals surface area contributed by atoms with Gasteiger partial charge < -0.3 is 5.32 Å². The van der Waals surface area contributed by atoms with E-state index in [1.165, 1.54) is 23.3 Å². The van der Waals surface area contributed by atoms with Crippen LogP contribution in [0.4, 0.5) is 5.69 Å². The van der Waals surface area contributed by atoms with Gasteiger partial charge in [0.1, 0.15) is 0 Å². The lowest BCUT2D eigenvalue weighted by Crippen LogP contribution is -2.20. The van der Waals surface area contributed by atoms with Crippen molar-refractivity contribution in [1.29, 1.82) is 0 Å².